The van der Waals surface area contributed by atoms with E-state index in [4.69, 9.17) is 13.0 Å². The normalized spacial score (nSPS) is 11.5. The van der Waals surface area contributed by atoms with Gasteiger partial charge in [0.25, 0.3) is 0 Å². The van der Waals surface area contributed by atoms with Crippen molar-refractivity contribution < 1.29 is 32.9 Å². The van der Waals surface area contributed by atoms with Crippen LogP contribution in [0.1, 0.15) is 32.3 Å². The van der Waals surface area contributed by atoms with Crippen molar-refractivity contribution in [1.29, 1.82) is 0 Å². The fourth-order valence-electron chi connectivity index (χ4n) is 1.62. The van der Waals surface area contributed by atoms with E-state index in [1.54, 1.807) is 0 Å². The molecule has 0 aliphatic heterocycles. The summed E-state index contributed by atoms with van der Waals surface area (Å²) < 4.78 is 6.43. The average Bonchev–Trinajstić information content (AvgIpc) is 2.31. The molecule has 0 heterocycles. The van der Waals surface area contributed by atoms with Crippen molar-refractivity contribution in [3.05, 3.63) is 41.7 Å². The first-order chi connectivity index (χ1) is 8.19. The summed E-state index contributed by atoms with van der Waals surface area (Å²) in [6.45, 7) is 3.50. The predicted molar refractivity (Wildman–Crippen MR) is 65.9 cm³/mol. The number of rotatable bonds is 5. The Morgan fingerprint density at radius 3 is 2.47 bits per heavy atom. The van der Waals surface area contributed by atoms with E-state index in [0.29, 0.717) is 0 Å². The molecule has 0 bridgehead atoms. The molecule has 17 heavy (non-hydrogen) atoms. The van der Waals surface area contributed by atoms with E-state index in [9.17, 15) is 4.79 Å². The monoisotopic (exact) mass is 440 g/mol. The number of carbonyl (C=O) groups excluding carboxylic acids is 1. The van der Waals surface area contributed by atoms with Crippen LogP contribution in [0.5, 0.6) is 0 Å². The van der Waals surface area contributed by atoms with Crippen LogP contribution in [0, 0.1) is 0 Å². The van der Waals surface area contributed by atoms with Crippen LogP contribution in [0.4, 0.5) is 0 Å². The molecule has 0 aliphatic rings. The fourth-order valence-corrected chi connectivity index (χ4v) is 7.34. The van der Waals surface area contributed by atoms with Crippen LogP contribution in [-0.4, -0.2) is 5.97 Å². The van der Waals surface area contributed by atoms with E-state index in [2.05, 4.69) is 6.92 Å². The van der Waals surface area contributed by atoms with Crippen LogP contribution in [-0.2, 0) is 32.9 Å². The van der Waals surface area contributed by atoms with Crippen molar-refractivity contribution in [3.8, 4) is 0 Å². The molecule has 0 saturated carbocycles. The summed E-state index contributed by atoms with van der Waals surface area (Å²) in [5.41, 5.74) is 1.11. The number of halogens is 1. The van der Waals surface area contributed by atoms with Crippen molar-refractivity contribution in [1.82, 2.24) is 0 Å². The summed E-state index contributed by atoms with van der Waals surface area (Å²) in [6.07, 6.45) is 1.72. The minimum absolute atomic E-state index is 0.264. The van der Waals surface area contributed by atoms with Gasteiger partial charge in [0.15, 0.2) is 0 Å². The van der Waals surface area contributed by atoms with Crippen molar-refractivity contribution >= 4 is 17.3 Å². The molecule has 0 fully saturated rings. The van der Waals surface area contributed by atoms with E-state index in [-0.39, 0.29) is 5.97 Å². The van der Waals surface area contributed by atoms with Gasteiger partial charge in [0, 0.05) is 0 Å². The molecule has 2 nitrogen and oxygen atoms in total. The Kier molecular flexibility index (Phi) is 6.82. The SMILES string of the molecule is CCC/C(OC(C)=O)=[C](\[Hg][Cl])c1ccccc1. The van der Waals surface area contributed by atoms with Gasteiger partial charge in [-0.1, -0.05) is 0 Å². The molecule has 0 N–H and O–H groups in total. The molecular formula is C13H15ClHgO2. The van der Waals surface area contributed by atoms with Crippen LogP contribution in [0.15, 0.2) is 36.1 Å². The Morgan fingerprint density at radius 1 is 1.35 bits per heavy atom. The zero-order chi connectivity index (χ0) is 12.7. The fraction of sp³-hybridized carbons (Fsp3) is 0.308. The van der Waals surface area contributed by atoms with Crippen molar-refractivity contribution in [2.75, 3.05) is 0 Å². The van der Waals surface area contributed by atoms with Gasteiger partial charge in [-0.2, -0.15) is 0 Å². The Hall–Kier alpha value is -0.345. The summed E-state index contributed by atoms with van der Waals surface area (Å²) >= 11 is -1.65. The Balaban J connectivity index is 3.11. The maximum atomic E-state index is 11.1. The number of esters is 1. The van der Waals surface area contributed by atoms with Gasteiger partial charge in [-0.05, 0) is 0 Å². The molecule has 1 rings (SSSR count). The van der Waals surface area contributed by atoms with Gasteiger partial charge in [-0.3, -0.25) is 0 Å². The van der Waals surface area contributed by atoms with E-state index in [0.717, 1.165) is 27.2 Å². The number of carbonyl (C=O) groups is 1. The second-order valence-electron chi connectivity index (χ2n) is 3.75. The van der Waals surface area contributed by atoms with Crippen molar-refractivity contribution in [3.63, 3.8) is 0 Å². The topological polar surface area (TPSA) is 26.3 Å². The Bertz CT molecular complexity index is 401. The van der Waals surface area contributed by atoms with E-state index in [1.807, 2.05) is 30.3 Å². The van der Waals surface area contributed by atoms with Crippen LogP contribution in [0.25, 0.3) is 3.08 Å². The molecule has 0 spiro atoms. The molecule has 0 saturated heterocycles. The quantitative estimate of drug-likeness (QED) is 0.395. The van der Waals surface area contributed by atoms with Crippen LogP contribution >= 0.6 is 8.25 Å². The van der Waals surface area contributed by atoms with Gasteiger partial charge in [0.05, 0.1) is 0 Å². The first-order valence-electron chi connectivity index (χ1n) is 5.70. The molecule has 1 aromatic rings. The van der Waals surface area contributed by atoms with E-state index < -0.39 is 23.3 Å². The molecule has 0 atom stereocenters. The van der Waals surface area contributed by atoms with E-state index in [1.165, 1.54) is 6.92 Å². The van der Waals surface area contributed by atoms with Gasteiger partial charge in [0.1, 0.15) is 0 Å². The summed E-state index contributed by atoms with van der Waals surface area (Å²) in [5.74, 6) is 0.517. The second-order valence-corrected chi connectivity index (χ2v) is 9.88. The van der Waals surface area contributed by atoms with Gasteiger partial charge < -0.3 is 0 Å². The third-order valence-electron chi connectivity index (χ3n) is 2.34. The summed E-state index contributed by atoms with van der Waals surface area (Å²) in [7, 11) is 6.19. The summed E-state index contributed by atoms with van der Waals surface area (Å²) in [5, 5.41) is 0. The van der Waals surface area contributed by atoms with Crippen molar-refractivity contribution in [2.45, 2.75) is 26.7 Å². The zero-order valence-electron chi connectivity index (χ0n) is 10.2. The standard InChI is InChI=1S/C13H15O2.ClH.Hg/c1-3-7-13(15-11(2)14)10-12-8-5-4-6-9-12;;/h4-6,8-9H,3,7H2,1-2H3;1H;/q;;+1/p-1. The molecule has 0 unspecified atom stereocenters. The number of hydrogen-bond donors (Lipinski definition) is 0. The molecule has 0 aromatic heterocycles. The van der Waals surface area contributed by atoms with Gasteiger partial charge in [0.2, 0.25) is 0 Å². The third-order valence-corrected chi connectivity index (χ3v) is 8.84. The predicted octanol–water partition coefficient (Wildman–Crippen LogP) is 3.95. The zero-order valence-corrected chi connectivity index (χ0v) is 16.5. The summed E-state index contributed by atoms with van der Waals surface area (Å²) in [6, 6.07) is 9.98. The first-order valence-corrected chi connectivity index (χ1v) is 15.2. The minimum atomic E-state index is -1.65. The van der Waals surface area contributed by atoms with Crippen LogP contribution in [0.2, 0.25) is 0 Å². The maximum absolute atomic E-state index is 11.1. The molecule has 0 radical (unpaired) electrons. The molecule has 0 amide bonds. The molecule has 88 valence electrons. The van der Waals surface area contributed by atoms with E-state index >= 15 is 0 Å². The first kappa shape index (κ1) is 14.7. The van der Waals surface area contributed by atoms with Gasteiger partial charge >= 0.3 is 119 Å². The second kappa shape index (κ2) is 7.88. The van der Waals surface area contributed by atoms with Crippen molar-refractivity contribution in [2.24, 2.45) is 0 Å². The number of hydrogen-bond acceptors (Lipinski definition) is 2. The van der Waals surface area contributed by atoms with Crippen LogP contribution < -0.4 is 0 Å². The van der Waals surface area contributed by atoms with Gasteiger partial charge in [-0.15, -0.1) is 0 Å². The number of benzene rings is 1. The average molecular weight is 439 g/mol. The Labute approximate surface area is 118 Å². The van der Waals surface area contributed by atoms with Crippen LogP contribution in [0.3, 0.4) is 0 Å². The molecular weight excluding hydrogens is 424 g/mol. The third kappa shape index (κ3) is 4.80. The number of ether oxygens (including phenoxy) is 1. The molecule has 4 heteroatoms. The van der Waals surface area contributed by atoms with Gasteiger partial charge in [-0.25, -0.2) is 0 Å². The number of allylic oxidation sites excluding steroid dienone is 1. The molecule has 0 aliphatic carbocycles. The molecule has 1 aromatic carbocycles. The Morgan fingerprint density at radius 2 is 2.00 bits per heavy atom. The summed E-state index contributed by atoms with van der Waals surface area (Å²) in [4.78, 5) is 11.1.